The zero-order valence-electron chi connectivity index (χ0n) is 10.5. The van der Waals surface area contributed by atoms with Crippen molar-refractivity contribution in [1.29, 1.82) is 0 Å². The molecule has 0 aromatic carbocycles. The number of quaternary nitrogens is 1. The molecule has 2 N–H and O–H groups in total. The summed E-state index contributed by atoms with van der Waals surface area (Å²) < 4.78 is -0.756. The van der Waals surface area contributed by atoms with Gasteiger partial charge >= 0.3 is 12.1 Å². The highest BCUT2D eigenvalue weighted by molar-refractivity contribution is 5.93. The molecule has 0 aromatic rings. The van der Waals surface area contributed by atoms with Gasteiger partial charge in [-0.3, -0.25) is 4.79 Å². The van der Waals surface area contributed by atoms with Crippen molar-refractivity contribution in [3.8, 4) is 0 Å². The van der Waals surface area contributed by atoms with Gasteiger partial charge in [-0.25, -0.2) is 4.79 Å². The van der Waals surface area contributed by atoms with Gasteiger partial charge in [0.2, 0.25) is 5.54 Å². The molecule has 2 atom stereocenters. The second-order valence-electron chi connectivity index (χ2n) is 5.72. The molecule has 0 spiro atoms. The van der Waals surface area contributed by atoms with Crippen LogP contribution in [-0.4, -0.2) is 50.2 Å². The fourth-order valence-corrected chi connectivity index (χ4v) is 2.80. The number of carbonyl (C=O) groups is 3. The van der Waals surface area contributed by atoms with Crippen LogP contribution in [0.25, 0.3) is 0 Å². The molecular formula is C11H18NO5+. The standard InChI is InChI=1S/C11H17NO5/c1-10(2,3)12(9(16)17)6-7(13)5-11(12,4)8(14)15/h5-6H2,1-4H3,(H-,14,15,16,17)/p+1/t11-,12?/m1/s1. The minimum absolute atomic E-state index is 0.244. The third-order valence-corrected chi connectivity index (χ3v) is 3.73. The van der Waals surface area contributed by atoms with Crippen LogP contribution in [-0.2, 0) is 9.59 Å². The number of Topliss-reactive ketones (excluding diaryl/α,β-unsaturated/α-hetero) is 1. The molecule has 1 heterocycles. The first kappa shape index (κ1) is 13.6. The highest BCUT2D eigenvalue weighted by Gasteiger charge is 2.70. The molecule has 1 amide bonds. The number of carboxylic acids is 1. The third-order valence-electron chi connectivity index (χ3n) is 3.73. The molecule has 1 rings (SSSR count). The SMILES string of the molecule is CC(C)(C)[N+]1(C(=O)O)CC(=O)C[C@]1(C)C(=O)O. The van der Waals surface area contributed by atoms with Crippen molar-refractivity contribution in [2.24, 2.45) is 0 Å². The second kappa shape index (κ2) is 3.53. The van der Waals surface area contributed by atoms with Crippen LogP contribution >= 0.6 is 0 Å². The fourth-order valence-electron chi connectivity index (χ4n) is 2.80. The predicted octanol–water partition coefficient (Wildman–Crippen LogP) is 1.10. The summed E-state index contributed by atoms with van der Waals surface area (Å²) in [6.07, 6.45) is -1.51. The minimum atomic E-state index is -1.61. The number of carbonyl (C=O) groups excluding carboxylic acids is 1. The molecule has 17 heavy (non-hydrogen) atoms. The molecule has 96 valence electrons. The monoisotopic (exact) mass is 244 g/mol. The van der Waals surface area contributed by atoms with Crippen molar-refractivity contribution in [3.05, 3.63) is 0 Å². The predicted molar refractivity (Wildman–Crippen MR) is 58.6 cm³/mol. The lowest BCUT2D eigenvalue weighted by Crippen LogP contribution is -2.73. The average molecular weight is 244 g/mol. The third kappa shape index (κ3) is 1.55. The minimum Gasteiger partial charge on any atom is -0.477 e. The van der Waals surface area contributed by atoms with E-state index in [0.29, 0.717) is 0 Å². The van der Waals surface area contributed by atoms with E-state index in [-0.39, 0.29) is 18.7 Å². The van der Waals surface area contributed by atoms with Crippen LogP contribution in [0.5, 0.6) is 0 Å². The van der Waals surface area contributed by atoms with Gasteiger partial charge in [0.15, 0.2) is 5.78 Å². The van der Waals surface area contributed by atoms with Crippen molar-refractivity contribution < 1.29 is 29.1 Å². The highest BCUT2D eigenvalue weighted by atomic mass is 16.4. The number of carboxylic acid groups (broad SMARTS) is 2. The molecule has 0 aliphatic carbocycles. The summed E-state index contributed by atoms with van der Waals surface area (Å²) in [6.45, 7) is 5.98. The number of rotatable bonds is 1. The van der Waals surface area contributed by atoms with Crippen LogP contribution in [0.2, 0.25) is 0 Å². The summed E-state index contributed by atoms with van der Waals surface area (Å²) in [5, 5.41) is 18.8. The largest absolute Gasteiger partial charge is 0.515 e. The van der Waals surface area contributed by atoms with E-state index >= 15 is 0 Å². The van der Waals surface area contributed by atoms with Gasteiger partial charge in [0.05, 0.1) is 6.42 Å². The second-order valence-corrected chi connectivity index (χ2v) is 5.72. The number of hydrogen-bond donors (Lipinski definition) is 2. The van der Waals surface area contributed by atoms with Crippen LogP contribution < -0.4 is 0 Å². The van der Waals surface area contributed by atoms with Crippen LogP contribution in [0.1, 0.15) is 34.1 Å². The molecule has 1 unspecified atom stereocenters. The number of ketones is 1. The quantitative estimate of drug-likeness (QED) is 0.674. The first-order valence-electron chi connectivity index (χ1n) is 5.36. The fraction of sp³-hybridized carbons (Fsp3) is 0.727. The average Bonchev–Trinajstić information content (AvgIpc) is 2.38. The highest BCUT2D eigenvalue weighted by Crippen LogP contribution is 2.43. The Morgan fingerprint density at radius 3 is 2.00 bits per heavy atom. The summed E-state index contributed by atoms with van der Waals surface area (Å²) in [5.74, 6) is -1.58. The van der Waals surface area contributed by atoms with E-state index in [1.54, 1.807) is 20.8 Å². The maximum atomic E-state index is 11.6. The van der Waals surface area contributed by atoms with Gasteiger partial charge in [-0.05, 0) is 20.8 Å². The van der Waals surface area contributed by atoms with Gasteiger partial charge in [0.1, 0.15) is 12.1 Å². The van der Waals surface area contributed by atoms with Gasteiger partial charge in [-0.2, -0.15) is 9.28 Å². The number of amides is 1. The Bertz CT molecular complexity index is 397. The Balaban J connectivity index is 3.54. The Labute approximate surface area is 99.4 Å². The summed E-state index contributed by atoms with van der Waals surface area (Å²) >= 11 is 0. The molecule has 0 radical (unpaired) electrons. The Hall–Kier alpha value is -1.43. The number of aliphatic carboxylic acids is 1. The zero-order chi connectivity index (χ0) is 13.6. The van der Waals surface area contributed by atoms with Gasteiger partial charge in [0.25, 0.3) is 0 Å². The zero-order valence-corrected chi connectivity index (χ0v) is 10.5. The van der Waals surface area contributed by atoms with Crippen molar-refractivity contribution >= 4 is 17.8 Å². The van der Waals surface area contributed by atoms with Gasteiger partial charge in [0, 0.05) is 6.92 Å². The molecule has 0 saturated carbocycles. The molecule has 0 bridgehead atoms. The Morgan fingerprint density at radius 2 is 1.76 bits per heavy atom. The molecule has 1 aliphatic heterocycles. The van der Waals surface area contributed by atoms with Crippen LogP contribution in [0.4, 0.5) is 4.79 Å². The summed E-state index contributed by atoms with van der Waals surface area (Å²) in [4.78, 5) is 34.6. The van der Waals surface area contributed by atoms with Crippen molar-refractivity contribution in [1.82, 2.24) is 0 Å². The van der Waals surface area contributed by atoms with E-state index in [0.717, 1.165) is 0 Å². The number of likely N-dealkylation sites (tertiary alicyclic amines) is 1. The maximum Gasteiger partial charge on any atom is 0.515 e. The van der Waals surface area contributed by atoms with E-state index in [4.69, 9.17) is 0 Å². The lowest BCUT2D eigenvalue weighted by molar-refractivity contribution is -0.925. The van der Waals surface area contributed by atoms with Gasteiger partial charge < -0.3 is 10.2 Å². The van der Waals surface area contributed by atoms with Crippen molar-refractivity contribution in [2.75, 3.05) is 6.54 Å². The molecule has 1 fully saturated rings. The Kier molecular flexibility index (Phi) is 2.83. The first-order chi connectivity index (χ1) is 7.49. The van der Waals surface area contributed by atoms with Crippen molar-refractivity contribution in [2.45, 2.75) is 45.2 Å². The number of hydrogen-bond acceptors (Lipinski definition) is 3. The van der Waals surface area contributed by atoms with Crippen LogP contribution in [0.15, 0.2) is 0 Å². The van der Waals surface area contributed by atoms with E-state index in [9.17, 15) is 24.6 Å². The molecule has 0 aromatic heterocycles. The molecular weight excluding hydrogens is 226 g/mol. The first-order valence-corrected chi connectivity index (χ1v) is 5.36. The molecule has 6 nitrogen and oxygen atoms in total. The summed E-state index contributed by atoms with van der Waals surface area (Å²) in [6, 6.07) is 0. The normalized spacial score (nSPS) is 33.8. The van der Waals surface area contributed by atoms with E-state index in [1.165, 1.54) is 6.92 Å². The van der Waals surface area contributed by atoms with Crippen molar-refractivity contribution in [3.63, 3.8) is 0 Å². The Morgan fingerprint density at radius 1 is 1.29 bits per heavy atom. The van der Waals surface area contributed by atoms with Crippen LogP contribution in [0.3, 0.4) is 0 Å². The summed E-state index contributed by atoms with van der Waals surface area (Å²) in [5.41, 5.74) is -2.48. The van der Waals surface area contributed by atoms with Gasteiger partial charge in [-0.1, -0.05) is 0 Å². The topological polar surface area (TPSA) is 91.7 Å². The van der Waals surface area contributed by atoms with E-state index in [1.807, 2.05) is 0 Å². The molecule has 1 aliphatic rings. The van der Waals surface area contributed by atoms with Crippen LogP contribution in [0, 0.1) is 0 Å². The maximum absolute atomic E-state index is 11.6. The van der Waals surface area contributed by atoms with Gasteiger partial charge in [-0.15, -0.1) is 0 Å². The lowest BCUT2D eigenvalue weighted by atomic mass is 9.90. The number of nitrogens with zero attached hydrogens (tertiary/aromatic N) is 1. The molecule has 1 saturated heterocycles. The van der Waals surface area contributed by atoms with E-state index in [2.05, 4.69) is 0 Å². The lowest BCUT2D eigenvalue weighted by Gasteiger charge is -2.47. The molecule has 6 heteroatoms. The van der Waals surface area contributed by atoms with E-state index < -0.39 is 27.6 Å². The summed E-state index contributed by atoms with van der Waals surface area (Å²) in [7, 11) is 0. The smallest absolute Gasteiger partial charge is 0.477 e.